The van der Waals surface area contributed by atoms with Crippen molar-refractivity contribution in [3.63, 3.8) is 0 Å². The topological polar surface area (TPSA) is 66.5 Å². The number of amides is 2. The third-order valence-electron chi connectivity index (χ3n) is 4.92. The number of hydrogen-bond acceptors (Lipinski definition) is 3. The van der Waals surface area contributed by atoms with Gasteiger partial charge in [-0.25, -0.2) is 13.2 Å². The molecular formula is C21H28N2O3S. The molecule has 2 amide bonds. The first-order chi connectivity index (χ1) is 12.6. The van der Waals surface area contributed by atoms with E-state index in [2.05, 4.69) is 24.4 Å². The Morgan fingerprint density at radius 3 is 2.00 bits per heavy atom. The number of aryl methyl sites for hydroxylation is 1. The highest BCUT2D eigenvalue weighted by molar-refractivity contribution is 7.90. The van der Waals surface area contributed by atoms with Gasteiger partial charge in [0.2, 0.25) is 0 Å². The summed E-state index contributed by atoms with van der Waals surface area (Å²) in [4.78, 5) is 14.5. The second-order valence-electron chi connectivity index (χ2n) is 6.89. The van der Waals surface area contributed by atoms with Gasteiger partial charge in [-0.2, -0.15) is 0 Å². The lowest BCUT2D eigenvalue weighted by molar-refractivity contribution is 0.191. The van der Waals surface area contributed by atoms with Gasteiger partial charge in [0.25, 0.3) is 0 Å². The Hall–Kier alpha value is -2.34. The molecule has 0 spiro atoms. The molecule has 27 heavy (non-hydrogen) atoms. The van der Waals surface area contributed by atoms with Gasteiger partial charge in [-0.1, -0.05) is 43.3 Å². The Morgan fingerprint density at radius 2 is 1.52 bits per heavy atom. The molecule has 0 bridgehead atoms. The molecule has 2 rings (SSSR count). The summed E-state index contributed by atoms with van der Waals surface area (Å²) in [6.45, 7) is 5.98. The van der Waals surface area contributed by atoms with Gasteiger partial charge < -0.3 is 10.2 Å². The molecule has 0 aromatic heterocycles. The third-order valence-corrected chi connectivity index (χ3v) is 6.05. The van der Waals surface area contributed by atoms with Crippen molar-refractivity contribution in [3.05, 3.63) is 65.2 Å². The van der Waals surface area contributed by atoms with Crippen molar-refractivity contribution in [1.82, 2.24) is 10.2 Å². The smallest absolute Gasteiger partial charge is 0.318 e. The van der Waals surface area contributed by atoms with Gasteiger partial charge in [0, 0.05) is 13.3 Å². The maximum atomic E-state index is 12.6. The van der Waals surface area contributed by atoms with Crippen molar-refractivity contribution in [3.8, 4) is 0 Å². The van der Waals surface area contributed by atoms with Crippen LogP contribution in [0.3, 0.4) is 0 Å². The van der Waals surface area contributed by atoms with Gasteiger partial charge in [-0.3, -0.25) is 0 Å². The predicted molar refractivity (Wildman–Crippen MR) is 108 cm³/mol. The molecule has 5 nitrogen and oxygen atoms in total. The van der Waals surface area contributed by atoms with Gasteiger partial charge in [0.1, 0.15) is 0 Å². The molecule has 0 aliphatic carbocycles. The minimum absolute atomic E-state index is 0.106. The van der Waals surface area contributed by atoms with E-state index in [0.717, 1.165) is 17.5 Å². The molecule has 0 radical (unpaired) electrons. The standard InChI is InChI=1S/C21H28N2O3S/c1-6-17-7-9-18(10-8-17)15(2)22-21(24)23(4)16(3)19-11-13-20(14-12-19)27(5,25)26/h7-16H,6H2,1-5H3,(H,22,24)/t15-,16-/m0/s1. The Balaban J connectivity index is 2.04. The van der Waals surface area contributed by atoms with Crippen molar-refractivity contribution in [1.29, 1.82) is 0 Å². The Labute approximate surface area is 162 Å². The maximum absolute atomic E-state index is 12.6. The van der Waals surface area contributed by atoms with Crippen LogP contribution in [0.4, 0.5) is 4.79 Å². The van der Waals surface area contributed by atoms with E-state index in [1.807, 2.05) is 26.0 Å². The van der Waals surface area contributed by atoms with E-state index in [-0.39, 0.29) is 23.0 Å². The fourth-order valence-corrected chi connectivity index (χ4v) is 3.44. The number of carbonyl (C=O) groups excluding carboxylic acids is 1. The highest BCUT2D eigenvalue weighted by Crippen LogP contribution is 2.22. The predicted octanol–water partition coefficient (Wildman–Crippen LogP) is 4.12. The highest BCUT2D eigenvalue weighted by atomic mass is 32.2. The number of rotatable bonds is 6. The number of carbonyl (C=O) groups is 1. The van der Waals surface area contributed by atoms with Crippen LogP contribution < -0.4 is 5.32 Å². The molecule has 0 unspecified atom stereocenters. The summed E-state index contributed by atoms with van der Waals surface area (Å²) in [5, 5.41) is 3.01. The zero-order valence-electron chi connectivity index (χ0n) is 16.6. The fourth-order valence-electron chi connectivity index (χ4n) is 2.81. The molecule has 0 aliphatic rings. The van der Waals surface area contributed by atoms with Crippen molar-refractivity contribution < 1.29 is 13.2 Å². The summed E-state index contributed by atoms with van der Waals surface area (Å²) >= 11 is 0. The lowest BCUT2D eigenvalue weighted by atomic mass is 10.0. The van der Waals surface area contributed by atoms with Crippen LogP contribution in [-0.4, -0.2) is 32.7 Å². The van der Waals surface area contributed by atoms with Gasteiger partial charge in [-0.15, -0.1) is 0 Å². The Morgan fingerprint density at radius 1 is 1.00 bits per heavy atom. The second-order valence-corrected chi connectivity index (χ2v) is 8.91. The average Bonchev–Trinajstić information content (AvgIpc) is 2.66. The van der Waals surface area contributed by atoms with Crippen molar-refractivity contribution in [2.24, 2.45) is 0 Å². The monoisotopic (exact) mass is 388 g/mol. The van der Waals surface area contributed by atoms with E-state index < -0.39 is 9.84 Å². The van der Waals surface area contributed by atoms with E-state index in [4.69, 9.17) is 0 Å². The van der Waals surface area contributed by atoms with Crippen LogP contribution in [0.1, 0.15) is 49.5 Å². The van der Waals surface area contributed by atoms with E-state index >= 15 is 0 Å². The van der Waals surface area contributed by atoms with Gasteiger partial charge >= 0.3 is 6.03 Å². The first-order valence-corrected chi connectivity index (χ1v) is 10.9. The first kappa shape index (κ1) is 21.0. The molecule has 2 aromatic rings. The number of urea groups is 1. The van der Waals surface area contributed by atoms with Crippen LogP contribution in [0.2, 0.25) is 0 Å². The maximum Gasteiger partial charge on any atom is 0.318 e. The van der Waals surface area contributed by atoms with E-state index in [1.165, 1.54) is 11.8 Å². The molecule has 0 heterocycles. The SMILES string of the molecule is CCc1ccc([C@H](C)NC(=O)N(C)[C@@H](C)c2ccc(S(C)(=O)=O)cc2)cc1. The summed E-state index contributed by atoms with van der Waals surface area (Å²) in [6.07, 6.45) is 2.17. The van der Waals surface area contributed by atoms with Crippen molar-refractivity contribution in [2.45, 2.75) is 44.2 Å². The van der Waals surface area contributed by atoms with E-state index in [1.54, 1.807) is 36.2 Å². The summed E-state index contributed by atoms with van der Waals surface area (Å²) in [6, 6.07) is 14.4. The summed E-state index contributed by atoms with van der Waals surface area (Å²) in [5.41, 5.74) is 3.19. The molecule has 1 N–H and O–H groups in total. The number of hydrogen-bond donors (Lipinski definition) is 1. The molecule has 0 saturated heterocycles. The number of nitrogens with one attached hydrogen (secondary N) is 1. The van der Waals surface area contributed by atoms with Gasteiger partial charge in [-0.05, 0) is 49.1 Å². The number of sulfone groups is 1. The molecule has 0 saturated carbocycles. The fraction of sp³-hybridized carbons (Fsp3) is 0.381. The highest BCUT2D eigenvalue weighted by Gasteiger charge is 2.20. The zero-order valence-corrected chi connectivity index (χ0v) is 17.4. The van der Waals surface area contributed by atoms with Crippen LogP contribution in [0.25, 0.3) is 0 Å². The molecule has 2 atom stereocenters. The lowest BCUT2D eigenvalue weighted by Gasteiger charge is -2.27. The normalized spacial score (nSPS) is 13.7. The minimum atomic E-state index is -3.23. The molecule has 2 aromatic carbocycles. The first-order valence-electron chi connectivity index (χ1n) is 9.05. The lowest BCUT2D eigenvalue weighted by Crippen LogP contribution is -2.39. The van der Waals surface area contributed by atoms with E-state index in [0.29, 0.717) is 0 Å². The van der Waals surface area contributed by atoms with Gasteiger partial charge in [0.15, 0.2) is 9.84 Å². The molecule has 146 valence electrons. The van der Waals surface area contributed by atoms with Crippen LogP contribution >= 0.6 is 0 Å². The van der Waals surface area contributed by atoms with Gasteiger partial charge in [0.05, 0.1) is 17.0 Å². The van der Waals surface area contributed by atoms with Crippen LogP contribution in [0, 0.1) is 0 Å². The molecular weight excluding hydrogens is 360 g/mol. The molecule has 0 fully saturated rings. The second kappa shape index (κ2) is 8.57. The quantitative estimate of drug-likeness (QED) is 0.810. The number of nitrogens with zero attached hydrogens (tertiary/aromatic N) is 1. The largest absolute Gasteiger partial charge is 0.331 e. The number of benzene rings is 2. The molecule has 6 heteroatoms. The van der Waals surface area contributed by atoms with E-state index in [9.17, 15) is 13.2 Å². The Bertz CT molecular complexity index is 875. The summed E-state index contributed by atoms with van der Waals surface area (Å²) in [7, 11) is -1.49. The van der Waals surface area contributed by atoms with Crippen molar-refractivity contribution >= 4 is 15.9 Å². The summed E-state index contributed by atoms with van der Waals surface area (Å²) < 4.78 is 23.2. The Kier molecular flexibility index (Phi) is 6.65. The average molecular weight is 389 g/mol. The van der Waals surface area contributed by atoms with Crippen LogP contribution in [-0.2, 0) is 16.3 Å². The third kappa shape index (κ3) is 5.32. The molecule has 0 aliphatic heterocycles. The summed E-state index contributed by atoms with van der Waals surface area (Å²) in [5.74, 6) is 0. The van der Waals surface area contributed by atoms with Crippen LogP contribution in [0.15, 0.2) is 53.4 Å². The zero-order chi connectivity index (χ0) is 20.2. The minimum Gasteiger partial charge on any atom is -0.331 e. The van der Waals surface area contributed by atoms with Crippen LogP contribution in [0.5, 0.6) is 0 Å². The van der Waals surface area contributed by atoms with Crippen molar-refractivity contribution in [2.75, 3.05) is 13.3 Å².